The number of aryl methyl sites for hydroxylation is 1. The molecule has 0 bridgehead atoms. The molecular formula is C15H22N4. The molecule has 1 aromatic heterocycles. The van der Waals surface area contributed by atoms with Crippen molar-refractivity contribution in [3.05, 3.63) is 53.9 Å². The first kappa shape index (κ1) is 13.8. The maximum absolute atomic E-state index is 4.19. The lowest BCUT2D eigenvalue weighted by Crippen LogP contribution is -2.30. The molecule has 0 fully saturated rings. The maximum Gasteiger partial charge on any atom is 0.0534 e. The van der Waals surface area contributed by atoms with Gasteiger partial charge in [-0.15, -0.1) is 0 Å². The molecule has 1 heterocycles. The minimum absolute atomic E-state index is 0.330. The van der Waals surface area contributed by atoms with Crippen molar-refractivity contribution in [3.63, 3.8) is 0 Å². The molecule has 1 aromatic carbocycles. The molecule has 0 saturated heterocycles. The summed E-state index contributed by atoms with van der Waals surface area (Å²) in [7, 11) is 6.14. The van der Waals surface area contributed by atoms with E-state index >= 15 is 0 Å². The van der Waals surface area contributed by atoms with Crippen LogP contribution in [0.5, 0.6) is 0 Å². The molecule has 102 valence electrons. The van der Waals surface area contributed by atoms with E-state index in [2.05, 4.69) is 59.7 Å². The highest BCUT2D eigenvalue weighted by molar-refractivity contribution is 5.19. The first-order valence-corrected chi connectivity index (χ1v) is 6.56. The number of hydrogen-bond donors (Lipinski definition) is 1. The van der Waals surface area contributed by atoms with Crippen LogP contribution in [-0.4, -0.2) is 35.3 Å². The van der Waals surface area contributed by atoms with Crippen LogP contribution in [-0.2, 0) is 13.6 Å². The molecule has 1 unspecified atom stereocenters. The Labute approximate surface area is 115 Å². The Kier molecular flexibility index (Phi) is 4.71. The highest BCUT2D eigenvalue weighted by Gasteiger charge is 2.11. The predicted octanol–water partition coefficient (Wildman–Crippen LogP) is 1.81. The van der Waals surface area contributed by atoms with E-state index in [1.165, 1.54) is 11.1 Å². The zero-order chi connectivity index (χ0) is 13.7. The summed E-state index contributed by atoms with van der Waals surface area (Å²) in [6, 6.07) is 10.9. The van der Waals surface area contributed by atoms with Gasteiger partial charge in [0, 0.05) is 37.9 Å². The van der Waals surface area contributed by atoms with Crippen molar-refractivity contribution in [2.75, 3.05) is 20.6 Å². The molecule has 2 aromatic rings. The molecule has 2 rings (SSSR count). The van der Waals surface area contributed by atoms with Crippen LogP contribution in [0.2, 0.25) is 0 Å². The maximum atomic E-state index is 4.19. The molecule has 19 heavy (non-hydrogen) atoms. The van der Waals surface area contributed by atoms with E-state index in [0.29, 0.717) is 6.04 Å². The van der Waals surface area contributed by atoms with Gasteiger partial charge in [-0.3, -0.25) is 4.68 Å². The van der Waals surface area contributed by atoms with Crippen molar-refractivity contribution < 1.29 is 0 Å². The molecule has 0 aliphatic carbocycles. The fourth-order valence-electron chi connectivity index (χ4n) is 2.14. The van der Waals surface area contributed by atoms with Gasteiger partial charge in [0.2, 0.25) is 0 Å². The van der Waals surface area contributed by atoms with Crippen LogP contribution in [0.4, 0.5) is 0 Å². The molecule has 0 aliphatic rings. The average Bonchev–Trinajstić information content (AvgIpc) is 2.81. The summed E-state index contributed by atoms with van der Waals surface area (Å²) in [5.74, 6) is 0. The van der Waals surface area contributed by atoms with Crippen LogP contribution in [0.3, 0.4) is 0 Å². The smallest absolute Gasteiger partial charge is 0.0534 e. The highest BCUT2D eigenvalue weighted by Crippen LogP contribution is 2.14. The topological polar surface area (TPSA) is 33.1 Å². The van der Waals surface area contributed by atoms with Crippen molar-refractivity contribution in [3.8, 4) is 0 Å². The zero-order valence-electron chi connectivity index (χ0n) is 11.9. The van der Waals surface area contributed by atoms with Crippen LogP contribution < -0.4 is 5.32 Å². The monoisotopic (exact) mass is 258 g/mol. The van der Waals surface area contributed by atoms with Crippen LogP contribution in [0.15, 0.2) is 42.7 Å². The number of rotatable bonds is 6. The Hall–Kier alpha value is -1.65. The molecule has 0 aliphatic heterocycles. The largest absolute Gasteiger partial charge is 0.308 e. The quantitative estimate of drug-likeness (QED) is 0.858. The van der Waals surface area contributed by atoms with Gasteiger partial charge in [-0.05, 0) is 19.7 Å². The second-order valence-corrected chi connectivity index (χ2v) is 5.13. The zero-order valence-corrected chi connectivity index (χ0v) is 11.9. The Bertz CT molecular complexity index is 490. The fourth-order valence-corrected chi connectivity index (χ4v) is 2.14. The fraction of sp³-hybridized carbons (Fsp3) is 0.400. The van der Waals surface area contributed by atoms with Gasteiger partial charge in [-0.25, -0.2) is 0 Å². The van der Waals surface area contributed by atoms with Gasteiger partial charge in [0.25, 0.3) is 0 Å². The van der Waals surface area contributed by atoms with E-state index in [4.69, 9.17) is 0 Å². The van der Waals surface area contributed by atoms with E-state index in [9.17, 15) is 0 Å². The second kappa shape index (κ2) is 6.50. The first-order valence-electron chi connectivity index (χ1n) is 6.56. The number of aromatic nitrogens is 2. The molecule has 4 nitrogen and oxygen atoms in total. The van der Waals surface area contributed by atoms with Crippen LogP contribution in [0.25, 0.3) is 0 Å². The summed E-state index contributed by atoms with van der Waals surface area (Å²) >= 11 is 0. The van der Waals surface area contributed by atoms with E-state index in [-0.39, 0.29) is 0 Å². The Balaban J connectivity index is 2.02. The number of nitrogens with zero attached hydrogens (tertiary/aromatic N) is 3. The van der Waals surface area contributed by atoms with Crippen molar-refractivity contribution in [2.24, 2.45) is 7.05 Å². The minimum atomic E-state index is 0.330. The number of benzene rings is 1. The van der Waals surface area contributed by atoms with Gasteiger partial charge in [0.05, 0.1) is 6.20 Å². The second-order valence-electron chi connectivity index (χ2n) is 5.13. The summed E-state index contributed by atoms with van der Waals surface area (Å²) in [4.78, 5) is 2.20. The Morgan fingerprint density at radius 3 is 2.58 bits per heavy atom. The summed E-state index contributed by atoms with van der Waals surface area (Å²) in [6.07, 6.45) is 3.95. The number of hydrogen-bond acceptors (Lipinski definition) is 3. The summed E-state index contributed by atoms with van der Waals surface area (Å²) in [6.45, 7) is 1.81. The minimum Gasteiger partial charge on any atom is -0.308 e. The van der Waals surface area contributed by atoms with Crippen molar-refractivity contribution >= 4 is 0 Å². The molecule has 0 saturated carbocycles. The lowest BCUT2D eigenvalue weighted by atomic mass is 10.1. The predicted molar refractivity (Wildman–Crippen MR) is 77.8 cm³/mol. The third kappa shape index (κ3) is 4.19. The van der Waals surface area contributed by atoms with Crippen LogP contribution in [0, 0.1) is 0 Å². The number of likely N-dealkylation sites (N-methyl/N-ethyl adjacent to an activating group) is 1. The molecule has 0 spiro atoms. The molecular weight excluding hydrogens is 236 g/mol. The van der Waals surface area contributed by atoms with E-state index < -0.39 is 0 Å². The van der Waals surface area contributed by atoms with Crippen LogP contribution >= 0.6 is 0 Å². The lowest BCUT2D eigenvalue weighted by molar-refractivity contribution is 0.340. The standard InChI is InChI=1S/C15H22N4/c1-18(2)12-15(14-7-5-4-6-8-14)16-9-13-10-17-19(3)11-13/h4-8,10-11,15-16H,9,12H2,1-3H3. The van der Waals surface area contributed by atoms with E-state index in [1.54, 1.807) is 0 Å². The van der Waals surface area contributed by atoms with Crippen molar-refractivity contribution in [1.29, 1.82) is 0 Å². The summed E-state index contributed by atoms with van der Waals surface area (Å²) < 4.78 is 1.83. The SMILES string of the molecule is CN(C)CC(NCc1cnn(C)c1)c1ccccc1. The van der Waals surface area contributed by atoms with Gasteiger partial charge in [-0.2, -0.15) is 5.10 Å². The molecule has 1 atom stereocenters. The molecule has 0 radical (unpaired) electrons. The lowest BCUT2D eigenvalue weighted by Gasteiger charge is -2.22. The average molecular weight is 258 g/mol. The molecule has 0 amide bonds. The number of nitrogens with one attached hydrogen (secondary N) is 1. The van der Waals surface area contributed by atoms with Gasteiger partial charge in [-0.1, -0.05) is 30.3 Å². The van der Waals surface area contributed by atoms with Crippen LogP contribution in [0.1, 0.15) is 17.2 Å². The normalized spacial score (nSPS) is 12.8. The Morgan fingerprint density at radius 1 is 1.26 bits per heavy atom. The van der Waals surface area contributed by atoms with Gasteiger partial charge in [0.1, 0.15) is 0 Å². The van der Waals surface area contributed by atoms with Crippen molar-refractivity contribution in [1.82, 2.24) is 20.0 Å². The summed E-state index contributed by atoms with van der Waals surface area (Å²) in [5, 5.41) is 7.80. The van der Waals surface area contributed by atoms with Gasteiger partial charge < -0.3 is 10.2 Å². The third-order valence-electron chi connectivity index (χ3n) is 3.06. The van der Waals surface area contributed by atoms with Crippen molar-refractivity contribution in [2.45, 2.75) is 12.6 Å². The molecule has 4 heteroatoms. The van der Waals surface area contributed by atoms with Gasteiger partial charge in [0.15, 0.2) is 0 Å². The van der Waals surface area contributed by atoms with Gasteiger partial charge >= 0.3 is 0 Å². The van der Waals surface area contributed by atoms with E-state index in [0.717, 1.165) is 13.1 Å². The molecule has 1 N–H and O–H groups in total. The summed E-state index contributed by atoms with van der Waals surface area (Å²) in [5.41, 5.74) is 2.53. The Morgan fingerprint density at radius 2 is 2.00 bits per heavy atom. The third-order valence-corrected chi connectivity index (χ3v) is 3.06. The van der Waals surface area contributed by atoms with E-state index in [1.807, 2.05) is 24.1 Å². The highest BCUT2D eigenvalue weighted by atomic mass is 15.2. The first-order chi connectivity index (χ1) is 9.15.